The van der Waals surface area contributed by atoms with Gasteiger partial charge in [0.2, 0.25) is 11.8 Å². The van der Waals surface area contributed by atoms with Crippen LogP contribution in [0.25, 0.3) is 0 Å². The Morgan fingerprint density at radius 3 is 2.26 bits per heavy atom. The van der Waals surface area contributed by atoms with Crippen LogP contribution >= 0.6 is 0 Å². The van der Waals surface area contributed by atoms with E-state index in [1.54, 1.807) is 48.1 Å². The molecule has 1 aliphatic carbocycles. The molecule has 2 atom stereocenters. The van der Waals surface area contributed by atoms with E-state index in [1.807, 2.05) is 0 Å². The highest BCUT2D eigenvalue weighted by atomic mass is 16.6. The molecule has 0 radical (unpaired) electrons. The number of carbonyl (C=O) groups excluding carboxylic acids is 3. The Bertz CT molecular complexity index is 698. The molecule has 146 valence electrons. The van der Waals surface area contributed by atoms with Crippen molar-refractivity contribution in [3.8, 4) is 5.75 Å². The van der Waals surface area contributed by atoms with Crippen molar-refractivity contribution in [1.82, 2.24) is 9.80 Å². The molecule has 27 heavy (non-hydrogen) atoms. The first-order valence-corrected chi connectivity index (χ1v) is 9.19. The topological polar surface area (TPSA) is 88.2 Å². The van der Waals surface area contributed by atoms with Crippen LogP contribution in [-0.2, 0) is 14.3 Å². The molecule has 1 aromatic rings. The Morgan fingerprint density at radius 2 is 1.67 bits per heavy atom. The van der Waals surface area contributed by atoms with Gasteiger partial charge in [-0.2, -0.15) is 0 Å². The van der Waals surface area contributed by atoms with Crippen LogP contribution in [0.1, 0.15) is 13.3 Å². The Kier molecular flexibility index (Phi) is 5.83. The standard InChI is InChI=1S/C19H25N3O5/c1-3-27-19(25)22-10-8-21(9-11-22)18(24)16-12-15(16)17(23)20-13-4-6-14(26-2)7-5-13/h4-7,15-16H,3,8-12H2,1-2H3,(H,20,23). The third-order valence-corrected chi connectivity index (χ3v) is 4.92. The van der Waals surface area contributed by atoms with Crippen LogP contribution in [0.15, 0.2) is 24.3 Å². The van der Waals surface area contributed by atoms with E-state index in [-0.39, 0.29) is 29.7 Å². The Morgan fingerprint density at radius 1 is 1.04 bits per heavy atom. The summed E-state index contributed by atoms with van der Waals surface area (Å²) in [6, 6.07) is 7.08. The normalized spacial score (nSPS) is 21.4. The lowest BCUT2D eigenvalue weighted by atomic mass is 10.2. The fraction of sp³-hybridized carbons (Fsp3) is 0.526. The molecule has 2 unspecified atom stereocenters. The average molecular weight is 375 g/mol. The lowest BCUT2D eigenvalue weighted by Crippen LogP contribution is -2.51. The van der Waals surface area contributed by atoms with Gasteiger partial charge in [-0.15, -0.1) is 0 Å². The molecule has 1 N–H and O–H groups in total. The van der Waals surface area contributed by atoms with E-state index in [2.05, 4.69) is 5.32 Å². The maximum absolute atomic E-state index is 12.6. The molecular weight excluding hydrogens is 350 g/mol. The van der Waals surface area contributed by atoms with Crippen LogP contribution in [-0.4, -0.2) is 67.6 Å². The van der Waals surface area contributed by atoms with Gasteiger partial charge in [0, 0.05) is 31.9 Å². The Labute approximate surface area is 158 Å². The largest absolute Gasteiger partial charge is 0.497 e. The molecule has 8 nitrogen and oxygen atoms in total. The smallest absolute Gasteiger partial charge is 0.409 e. The highest BCUT2D eigenvalue weighted by Gasteiger charge is 2.49. The van der Waals surface area contributed by atoms with Crippen molar-refractivity contribution in [1.29, 1.82) is 0 Å². The van der Waals surface area contributed by atoms with Crippen LogP contribution < -0.4 is 10.1 Å². The SMILES string of the molecule is CCOC(=O)N1CCN(C(=O)C2CC2C(=O)Nc2ccc(OC)cc2)CC1. The number of hydrogen-bond donors (Lipinski definition) is 1. The molecule has 0 bridgehead atoms. The van der Waals surface area contributed by atoms with Crippen molar-refractivity contribution in [3.05, 3.63) is 24.3 Å². The molecule has 1 aromatic carbocycles. The maximum Gasteiger partial charge on any atom is 0.409 e. The van der Waals surface area contributed by atoms with Crippen molar-refractivity contribution in [2.45, 2.75) is 13.3 Å². The number of amides is 3. The van der Waals surface area contributed by atoms with E-state index in [0.29, 0.717) is 44.9 Å². The van der Waals surface area contributed by atoms with Crippen molar-refractivity contribution in [2.24, 2.45) is 11.8 Å². The molecule has 3 rings (SSSR count). The average Bonchev–Trinajstić information content (AvgIpc) is 3.49. The fourth-order valence-electron chi connectivity index (χ4n) is 3.23. The van der Waals surface area contributed by atoms with Gasteiger partial charge in [-0.3, -0.25) is 9.59 Å². The van der Waals surface area contributed by atoms with Gasteiger partial charge in [0.05, 0.1) is 25.6 Å². The molecule has 0 aromatic heterocycles. The number of ether oxygens (including phenoxy) is 2. The summed E-state index contributed by atoms with van der Waals surface area (Å²) in [5, 5.41) is 2.84. The zero-order valence-corrected chi connectivity index (χ0v) is 15.6. The van der Waals surface area contributed by atoms with Gasteiger partial charge in [-0.25, -0.2) is 4.79 Å². The number of nitrogens with one attached hydrogen (secondary N) is 1. The maximum atomic E-state index is 12.6. The molecule has 1 saturated heterocycles. The zero-order chi connectivity index (χ0) is 19.4. The molecule has 2 aliphatic rings. The van der Waals surface area contributed by atoms with E-state index >= 15 is 0 Å². The number of nitrogens with zero attached hydrogens (tertiary/aromatic N) is 2. The lowest BCUT2D eigenvalue weighted by Gasteiger charge is -2.34. The van der Waals surface area contributed by atoms with Crippen LogP contribution in [0.5, 0.6) is 5.75 Å². The van der Waals surface area contributed by atoms with Crippen molar-refractivity contribution < 1.29 is 23.9 Å². The molecule has 3 amide bonds. The summed E-state index contributed by atoms with van der Waals surface area (Å²) >= 11 is 0. The predicted octanol–water partition coefficient (Wildman–Crippen LogP) is 1.57. The summed E-state index contributed by atoms with van der Waals surface area (Å²) < 4.78 is 10.1. The second-order valence-electron chi connectivity index (χ2n) is 6.68. The highest BCUT2D eigenvalue weighted by molar-refractivity contribution is 5.99. The van der Waals surface area contributed by atoms with E-state index in [0.717, 1.165) is 5.75 Å². The van der Waals surface area contributed by atoms with E-state index < -0.39 is 0 Å². The first-order chi connectivity index (χ1) is 13.0. The zero-order valence-electron chi connectivity index (χ0n) is 15.6. The first kappa shape index (κ1) is 19.0. The summed E-state index contributed by atoms with van der Waals surface area (Å²) in [6.07, 6.45) is 0.228. The van der Waals surface area contributed by atoms with Crippen molar-refractivity contribution >= 4 is 23.6 Å². The number of carbonyl (C=O) groups is 3. The third-order valence-electron chi connectivity index (χ3n) is 4.92. The van der Waals surface area contributed by atoms with Gasteiger partial charge in [-0.05, 0) is 37.6 Å². The molecular formula is C19H25N3O5. The minimum absolute atomic E-state index is 0.00612. The van der Waals surface area contributed by atoms with Crippen LogP contribution in [0.4, 0.5) is 10.5 Å². The van der Waals surface area contributed by atoms with Crippen molar-refractivity contribution in [2.75, 3.05) is 45.2 Å². The van der Waals surface area contributed by atoms with Crippen LogP contribution in [0.3, 0.4) is 0 Å². The summed E-state index contributed by atoms with van der Waals surface area (Å²) in [7, 11) is 1.58. The van der Waals surface area contributed by atoms with E-state index in [9.17, 15) is 14.4 Å². The van der Waals surface area contributed by atoms with Crippen LogP contribution in [0, 0.1) is 11.8 Å². The molecule has 1 aliphatic heterocycles. The molecule has 2 fully saturated rings. The summed E-state index contributed by atoms with van der Waals surface area (Å²) in [5.74, 6) is 0.0200. The Hall–Kier alpha value is -2.77. The predicted molar refractivity (Wildman–Crippen MR) is 98.4 cm³/mol. The molecule has 1 saturated carbocycles. The van der Waals surface area contributed by atoms with Crippen LogP contribution in [0.2, 0.25) is 0 Å². The number of benzene rings is 1. The number of hydrogen-bond acceptors (Lipinski definition) is 5. The summed E-state index contributed by atoms with van der Waals surface area (Å²) in [5.41, 5.74) is 0.682. The van der Waals surface area contributed by atoms with Gasteiger partial charge in [0.1, 0.15) is 5.75 Å². The van der Waals surface area contributed by atoms with E-state index in [4.69, 9.17) is 9.47 Å². The van der Waals surface area contributed by atoms with Gasteiger partial charge in [0.15, 0.2) is 0 Å². The third kappa shape index (κ3) is 4.50. The van der Waals surface area contributed by atoms with Crippen molar-refractivity contribution in [3.63, 3.8) is 0 Å². The number of rotatable bonds is 5. The monoisotopic (exact) mass is 375 g/mol. The quantitative estimate of drug-likeness (QED) is 0.844. The number of anilines is 1. The highest BCUT2D eigenvalue weighted by Crippen LogP contribution is 2.41. The van der Waals surface area contributed by atoms with Gasteiger partial charge in [-0.1, -0.05) is 0 Å². The minimum atomic E-state index is -0.340. The lowest BCUT2D eigenvalue weighted by molar-refractivity contribution is -0.135. The van der Waals surface area contributed by atoms with Gasteiger partial charge >= 0.3 is 6.09 Å². The second kappa shape index (κ2) is 8.28. The first-order valence-electron chi connectivity index (χ1n) is 9.19. The Balaban J connectivity index is 1.46. The molecule has 1 heterocycles. The molecule has 8 heteroatoms. The number of methoxy groups -OCH3 is 1. The van der Waals surface area contributed by atoms with E-state index in [1.165, 1.54) is 0 Å². The molecule has 0 spiro atoms. The van der Waals surface area contributed by atoms with Gasteiger partial charge < -0.3 is 24.6 Å². The second-order valence-corrected chi connectivity index (χ2v) is 6.68. The summed E-state index contributed by atoms with van der Waals surface area (Å²) in [4.78, 5) is 40.0. The fourth-order valence-corrected chi connectivity index (χ4v) is 3.23. The number of piperazine rings is 1. The van der Waals surface area contributed by atoms with Gasteiger partial charge in [0.25, 0.3) is 0 Å². The minimum Gasteiger partial charge on any atom is -0.497 e. The summed E-state index contributed by atoms with van der Waals surface area (Å²) in [6.45, 7) is 3.97.